The summed E-state index contributed by atoms with van der Waals surface area (Å²) >= 11 is 12.2. The molecule has 0 aromatic heterocycles. The molecule has 2 heterocycles. The number of aliphatic imine (C=N–C) groups is 2. The molecule has 6 nitrogen and oxygen atoms in total. The van der Waals surface area contributed by atoms with Crippen molar-refractivity contribution in [3.8, 4) is 0 Å². The van der Waals surface area contributed by atoms with E-state index in [1.165, 1.54) is 12.8 Å². The zero-order valence-corrected chi connectivity index (χ0v) is 22.7. The second-order valence-electron chi connectivity index (χ2n) is 9.75. The monoisotopic (exact) mass is 566 g/mol. The van der Waals surface area contributed by atoms with Crippen LogP contribution in [0.25, 0.3) is 10.6 Å². The van der Waals surface area contributed by atoms with Crippen LogP contribution in [0.1, 0.15) is 57.8 Å². The van der Waals surface area contributed by atoms with Gasteiger partial charge in [0.25, 0.3) is 0 Å². The first-order valence-electron chi connectivity index (χ1n) is 12.8. The fraction of sp³-hybridized carbons (Fsp3) is 0.769. The number of halogens is 2. The Balaban J connectivity index is 0.000000240. The number of hydrogen-bond acceptors (Lipinski definition) is 4. The van der Waals surface area contributed by atoms with E-state index in [9.17, 15) is 10.2 Å². The van der Waals surface area contributed by atoms with Gasteiger partial charge in [0.15, 0.2) is 0 Å². The van der Waals surface area contributed by atoms with Crippen LogP contribution in [-0.2, 0) is 16.5 Å². The van der Waals surface area contributed by atoms with Crippen molar-refractivity contribution < 1.29 is 26.7 Å². The van der Waals surface area contributed by atoms with Crippen LogP contribution in [0, 0.1) is 11.8 Å². The van der Waals surface area contributed by atoms with E-state index in [0.29, 0.717) is 25.4 Å². The molecule has 0 bridgehead atoms. The summed E-state index contributed by atoms with van der Waals surface area (Å²) in [6.45, 7) is 2.37. The second kappa shape index (κ2) is 17.2. The van der Waals surface area contributed by atoms with Crippen LogP contribution in [0.3, 0.4) is 0 Å². The predicted molar refractivity (Wildman–Crippen MR) is 140 cm³/mol. The SMILES string of the molecule is [Ni+2].[O-]C1CCC(Cl)CC1C=NCC1C=CC=C[N-]1.[O-]C1CCC(Cl)CC1C=NCC1CCCC[N-]1. The molecule has 0 aromatic rings. The largest absolute Gasteiger partial charge is 2.00 e. The summed E-state index contributed by atoms with van der Waals surface area (Å²) in [5.74, 6) is 0.0317. The Hall–Kier alpha value is -0.426. The number of rotatable bonds is 6. The topological polar surface area (TPSA) is 99.0 Å². The maximum absolute atomic E-state index is 11.7. The third-order valence-electron chi connectivity index (χ3n) is 6.88. The summed E-state index contributed by atoms with van der Waals surface area (Å²) in [6.07, 6.45) is 18.5. The van der Waals surface area contributed by atoms with Crippen molar-refractivity contribution in [2.45, 2.75) is 92.8 Å². The Morgan fingerprint density at radius 3 is 2.00 bits per heavy atom. The Kier molecular flexibility index (Phi) is 15.1. The molecule has 0 radical (unpaired) electrons. The molecule has 4 aliphatic rings. The molecule has 200 valence electrons. The van der Waals surface area contributed by atoms with Gasteiger partial charge in [0.05, 0.1) is 0 Å². The Bertz CT molecular complexity index is 703. The number of nitrogens with zero attached hydrogens (tertiary/aromatic N) is 4. The number of allylic oxidation sites excluding steroid dienone is 2. The minimum atomic E-state index is -0.535. The molecule has 4 rings (SSSR count). The van der Waals surface area contributed by atoms with Gasteiger partial charge < -0.3 is 20.8 Å². The third kappa shape index (κ3) is 11.7. The van der Waals surface area contributed by atoms with Crippen LogP contribution in [0.15, 0.2) is 34.4 Å². The van der Waals surface area contributed by atoms with Crippen molar-refractivity contribution in [2.24, 2.45) is 21.8 Å². The van der Waals surface area contributed by atoms with Crippen LogP contribution >= 0.6 is 23.2 Å². The van der Waals surface area contributed by atoms with Crippen LogP contribution in [0.5, 0.6) is 0 Å². The van der Waals surface area contributed by atoms with Gasteiger partial charge in [-0.05, 0) is 37.5 Å². The maximum Gasteiger partial charge on any atom is 2.00 e. The van der Waals surface area contributed by atoms with E-state index in [4.69, 9.17) is 23.2 Å². The molecular formula is C26H38Cl2N4NiO2-2. The quantitative estimate of drug-likeness (QED) is 0.274. The Labute approximate surface area is 231 Å². The number of hydrogen-bond donors (Lipinski definition) is 0. The zero-order chi connectivity index (χ0) is 24.2. The normalized spacial score (nSPS) is 37.4. The molecular weight excluding hydrogens is 530 g/mol. The summed E-state index contributed by atoms with van der Waals surface area (Å²) in [5.41, 5.74) is 0. The number of alkyl halides is 2. The van der Waals surface area contributed by atoms with Crippen molar-refractivity contribution in [3.63, 3.8) is 0 Å². The van der Waals surface area contributed by atoms with E-state index >= 15 is 0 Å². The summed E-state index contributed by atoms with van der Waals surface area (Å²) in [5, 5.41) is 32.5. The molecule has 8 unspecified atom stereocenters. The average molecular weight is 568 g/mol. The smallest absolute Gasteiger partial charge is 0.851 e. The second-order valence-corrected chi connectivity index (χ2v) is 11.0. The van der Waals surface area contributed by atoms with Crippen molar-refractivity contribution >= 4 is 35.6 Å². The molecule has 1 saturated heterocycles. The molecule has 8 atom stereocenters. The van der Waals surface area contributed by atoms with E-state index in [2.05, 4.69) is 20.6 Å². The standard InChI is InChI=1S/C13H21ClN2O.C13H17ClN2O.Ni/c2*14-11-4-5-13(17)10(7-11)8-15-9-12-3-1-2-6-16-12;/h8,10-13H,1-7,9H2;1-3,6,8,10-13H,4-5,7,9H2;/q2*-2;+2. The first kappa shape index (κ1) is 30.8. The van der Waals surface area contributed by atoms with E-state index in [0.717, 1.165) is 45.2 Å². The van der Waals surface area contributed by atoms with Gasteiger partial charge in [-0.25, -0.2) is 0 Å². The molecule has 3 fully saturated rings. The molecule has 2 aliphatic heterocycles. The summed E-state index contributed by atoms with van der Waals surface area (Å²) in [7, 11) is 0. The van der Waals surface area contributed by atoms with Gasteiger partial charge in [0.2, 0.25) is 0 Å². The van der Waals surface area contributed by atoms with Crippen LogP contribution in [0.2, 0.25) is 0 Å². The van der Waals surface area contributed by atoms with E-state index in [-0.39, 0.29) is 45.1 Å². The van der Waals surface area contributed by atoms with Gasteiger partial charge in [-0.3, -0.25) is 9.98 Å². The number of piperidine rings is 1. The Morgan fingerprint density at radius 1 is 0.829 bits per heavy atom. The summed E-state index contributed by atoms with van der Waals surface area (Å²) in [6, 6.07) is 0.511. The summed E-state index contributed by atoms with van der Waals surface area (Å²) in [4.78, 5) is 8.77. The molecule has 9 heteroatoms. The first-order valence-corrected chi connectivity index (χ1v) is 13.7. The van der Waals surface area contributed by atoms with Gasteiger partial charge in [0, 0.05) is 36.3 Å². The molecule has 2 aliphatic carbocycles. The van der Waals surface area contributed by atoms with Gasteiger partial charge >= 0.3 is 16.5 Å². The molecule has 0 spiro atoms. The van der Waals surface area contributed by atoms with Gasteiger partial charge in [0.1, 0.15) is 0 Å². The van der Waals surface area contributed by atoms with Crippen LogP contribution in [0.4, 0.5) is 0 Å². The van der Waals surface area contributed by atoms with Crippen LogP contribution in [-0.4, -0.2) is 67.1 Å². The molecule has 35 heavy (non-hydrogen) atoms. The summed E-state index contributed by atoms with van der Waals surface area (Å²) < 4.78 is 0. The van der Waals surface area contributed by atoms with Gasteiger partial charge in [-0.15, -0.1) is 48.0 Å². The minimum Gasteiger partial charge on any atom is -0.851 e. The van der Waals surface area contributed by atoms with E-state index in [1.54, 1.807) is 12.4 Å². The van der Waals surface area contributed by atoms with Crippen molar-refractivity contribution in [3.05, 3.63) is 35.1 Å². The minimum absolute atomic E-state index is 0. The van der Waals surface area contributed by atoms with E-state index < -0.39 is 12.2 Å². The fourth-order valence-corrected chi connectivity index (χ4v) is 5.41. The Morgan fingerprint density at radius 2 is 1.46 bits per heavy atom. The van der Waals surface area contributed by atoms with Crippen LogP contribution < -0.4 is 10.2 Å². The first-order chi connectivity index (χ1) is 16.5. The van der Waals surface area contributed by atoms with Crippen molar-refractivity contribution in [1.29, 1.82) is 0 Å². The van der Waals surface area contributed by atoms with Crippen molar-refractivity contribution in [2.75, 3.05) is 19.6 Å². The maximum atomic E-state index is 11.7. The molecule has 0 N–H and O–H groups in total. The van der Waals surface area contributed by atoms with Crippen molar-refractivity contribution in [1.82, 2.24) is 0 Å². The average Bonchev–Trinajstić information content (AvgIpc) is 2.85. The predicted octanol–water partition coefficient (Wildman–Crippen LogP) is 4.14. The molecule has 0 amide bonds. The van der Waals surface area contributed by atoms with Gasteiger partial charge in [-0.2, -0.15) is 6.20 Å². The third-order valence-corrected chi connectivity index (χ3v) is 7.68. The van der Waals surface area contributed by atoms with E-state index in [1.807, 2.05) is 24.4 Å². The molecule has 0 aromatic carbocycles. The molecule has 2 saturated carbocycles. The fourth-order valence-electron chi connectivity index (χ4n) is 4.75. The van der Waals surface area contributed by atoms with Gasteiger partial charge in [-0.1, -0.05) is 56.4 Å². The zero-order valence-electron chi connectivity index (χ0n) is 20.2.